The lowest BCUT2D eigenvalue weighted by Crippen LogP contribution is -2.41. The molecule has 0 aromatic heterocycles. The van der Waals surface area contributed by atoms with Crippen molar-refractivity contribution in [2.75, 3.05) is 12.4 Å². The molecule has 0 saturated carbocycles. The van der Waals surface area contributed by atoms with Crippen molar-refractivity contribution in [3.05, 3.63) is 29.8 Å². The Labute approximate surface area is 105 Å². The zero-order chi connectivity index (χ0) is 13.5. The molecule has 0 aliphatic heterocycles. The molecule has 0 radical (unpaired) electrons. The maximum atomic E-state index is 11.5. The Morgan fingerprint density at radius 2 is 1.94 bits per heavy atom. The Morgan fingerprint density at radius 3 is 2.44 bits per heavy atom. The van der Waals surface area contributed by atoms with Crippen LogP contribution in [0.15, 0.2) is 24.3 Å². The van der Waals surface area contributed by atoms with Gasteiger partial charge < -0.3 is 15.4 Å². The molecule has 6 nitrogen and oxygen atoms in total. The number of hydrogen-bond acceptors (Lipinski definition) is 4. The second kappa shape index (κ2) is 6.25. The smallest absolute Gasteiger partial charge is 0.328 e. The van der Waals surface area contributed by atoms with Crippen molar-refractivity contribution < 1.29 is 14.3 Å². The quantitative estimate of drug-likeness (QED) is 0.786. The number of rotatable bonds is 3. The first kappa shape index (κ1) is 13.5. The molecule has 1 aromatic carbocycles. The van der Waals surface area contributed by atoms with Gasteiger partial charge in [-0.1, -0.05) is 0 Å². The molecule has 0 spiro atoms. The van der Waals surface area contributed by atoms with Crippen LogP contribution in [0.1, 0.15) is 12.5 Å². The van der Waals surface area contributed by atoms with E-state index in [9.17, 15) is 9.59 Å². The van der Waals surface area contributed by atoms with Crippen molar-refractivity contribution in [2.45, 2.75) is 13.0 Å². The third-order valence-electron chi connectivity index (χ3n) is 2.17. The van der Waals surface area contributed by atoms with Crippen LogP contribution in [0.25, 0.3) is 0 Å². The zero-order valence-electron chi connectivity index (χ0n) is 10.1. The Kier molecular flexibility index (Phi) is 4.69. The SMILES string of the molecule is COC(=O)C(C)NC(=O)Nc1ccc(C#N)cc1. The van der Waals surface area contributed by atoms with Crippen LogP contribution < -0.4 is 10.6 Å². The molecule has 1 unspecified atom stereocenters. The number of nitrogens with zero attached hydrogens (tertiary/aromatic N) is 1. The number of methoxy groups -OCH3 is 1. The molecule has 1 aromatic rings. The van der Waals surface area contributed by atoms with E-state index in [0.29, 0.717) is 11.3 Å². The second-order valence-electron chi connectivity index (χ2n) is 3.53. The molecule has 0 aliphatic rings. The van der Waals surface area contributed by atoms with E-state index in [2.05, 4.69) is 15.4 Å². The molecule has 6 heteroatoms. The first-order chi connectivity index (χ1) is 8.56. The summed E-state index contributed by atoms with van der Waals surface area (Å²) in [6, 6.07) is 7.09. The summed E-state index contributed by atoms with van der Waals surface area (Å²) >= 11 is 0. The van der Waals surface area contributed by atoms with Gasteiger partial charge in [0.25, 0.3) is 0 Å². The number of nitriles is 1. The summed E-state index contributed by atoms with van der Waals surface area (Å²) in [7, 11) is 1.25. The fourth-order valence-electron chi connectivity index (χ4n) is 1.23. The molecule has 0 saturated heterocycles. The predicted molar refractivity (Wildman–Crippen MR) is 64.8 cm³/mol. The highest BCUT2D eigenvalue weighted by molar-refractivity contribution is 5.92. The number of carbonyl (C=O) groups excluding carboxylic acids is 2. The van der Waals surface area contributed by atoms with Crippen LogP contribution >= 0.6 is 0 Å². The van der Waals surface area contributed by atoms with Gasteiger partial charge in [0.05, 0.1) is 18.7 Å². The van der Waals surface area contributed by atoms with E-state index in [-0.39, 0.29) is 0 Å². The molecule has 0 bridgehead atoms. The van der Waals surface area contributed by atoms with Crippen LogP contribution in [0.3, 0.4) is 0 Å². The van der Waals surface area contributed by atoms with E-state index in [1.807, 2.05) is 6.07 Å². The van der Waals surface area contributed by atoms with Gasteiger partial charge in [0, 0.05) is 5.69 Å². The Morgan fingerprint density at radius 1 is 1.33 bits per heavy atom. The Hall–Kier alpha value is -2.55. The van der Waals surface area contributed by atoms with Crippen LogP contribution in [0.5, 0.6) is 0 Å². The summed E-state index contributed by atoms with van der Waals surface area (Å²) in [6.45, 7) is 1.52. The van der Waals surface area contributed by atoms with Crippen molar-refractivity contribution in [3.63, 3.8) is 0 Å². The fourth-order valence-corrected chi connectivity index (χ4v) is 1.23. The van der Waals surface area contributed by atoms with E-state index < -0.39 is 18.0 Å². The Bertz CT molecular complexity index is 476. The number of carbonyl (C=O) groups is 2. The predicted octanol–water partition coefficient (Wildman–Crippen LogP) is 1.24. The minimum absolute atomic E-state index is 0.504. The molecule has 0 heterocycles. The third kappa shape index (κ3) is 3.79. The lowest BCUT2D eigenvalue weighted by Gasteiger charge is -2.12. The number of esters is 1. The summed E-state index contributed by atoms with van der Waals surface area (Å²) < 4.78 is 4.48. The summed E-state index contributed by atoms with van der Waals surface area (Å²) in [6.07, 6.45) is 0. The highest BCUT2D eigenvalue weighted by atomic mass is 16.5. The third-order valence-corrected chi connectivity index (χ3v) is 2.17. The standard InChI is InChI=1S/C12H13N3O3/c1-8(11(16)18-2)14-12(17)15-10-5-3-9(7-13)4-6-10/h3-6,8H,1-2H3,(H2,14,15,17). The number of hydrogen-bond donors (Lipinski definition) is 2. The Balaban J connectivity index is 2.54. The molecule has 18 heavy (non-hydrogen) atoms. The molecule has 1 atom stereocenters. The molecule has 2 N–H and O–H groups in total. The lowest BCUT2D eigenvalue weighted by molar-refractivity contribution is -0.142. The molecule has 94 valence electrons. The molecule has 2 amide bonds. The maximum absolute atomic E-state index is 11.5. The van der Waals surface area contributed by atoms with Gasteiger partial charge in [-0.15, -0.1) is 0 Å². The van der Waals surface area contributed by atoms with Crippen LogP contribution in [-0.4, -0.2) is 25.2 Å². The minimum atomic E-state index is -0.728. The topological polar surface area (TPSA) is 91.2 Å². The van der Waals surface area contributed by atoms with E-state index in [4.69, 9.17) is 5.26 Å². The van der Waals surface area contributed by atoms with E-state index >= 15 is 0 Å². The first-order valence-electron chi connectivity index (χ1n) is 5.22. The van der Waals surface area contributed by atoms with Crippen molar-refractivity contribution in [3.8, 4) is 6.07 Å². The molecule has 1 rings (SSSR count). The van der Waals surface area contributed by atoms with Gasteiger partial charge >= 0.3 is 12.0 Å². The number of anilines is 1. The lowest BCUT2D eigenvalue weighted by atomic mass is 10.2. The summed E-state index contributed by atoms with van der Waals surface area (Å²) in [5, 5.41) is 13.6. The van der Waals surface area contributed by atoms with Crippen molar-refractivity contribution in [1.29, 1.82) is 5.26 Å². The maximum Gasteiger partial charge on any atom is 0.328 e. The molecular formula is C12H13N3O3. The minimum Gasteiger partial charge on any atom is -0.467 e. The van der Waals surface area contributed by atoms with Crippen molar-refractivity contribution in [1.82, 2.24) is 5.32 Å². The van der Waals surface area contributed by atoms with E-state index in [1.165, 1.54) is 14.0 Å². The zero-order valence-corrected chi connectivity index (χ0v) is 10.1. The molecular weight excluding hydrogens is 234 g/mol. The van der Waals surface area contributed by atoms with Gasteiger partial charge in [0.2, 0.25) is 0 Å². The number of amides is 2. The van der Waals surface area contributed by atoms with Gasteiger partial charge in [0.15, 0.2) is 0 Å². The van der Waals surface area contributed by atoms with Crippen molar-refractivity contribution in [2.24, 2.45) is 0 Å². The molecule has 0 aliphatic carbocycles. The van der Waals surface area contributed by atoms with Gasteiger partial charge in [-0.05, 0) is 31.2 Å². The van der Waals surface area contributed by atoms with Crippen LogP contribution in [-0.2, 0) is 9.53 Å². The number of urea groups is 1. The first-order valence-corrected chi connectivity index (χ1v) is 5.22. The monoisotopic (exact) mass is 247 g/mol. The summed E-state index contributed by atoms with van der Waals surface area (Å²) in [4.78, 5) is 22.6. The largest absolute Gasteiger partial charge is 0.467 e. The van der Waals surface area contributed by atoms with Gasteiger partial charge in [-0.25, -0.2) is 9.59 Å². The number of benzene rings is 1. The van der Waals surface area contributed by atoms with Crippen molar-refractivity contribution >= 4 is 17.7 Å². The van der Waals surface area contributed by atoms with Gasteiger partial charge in [0.1, 0.15) is 6.04 Å². The molecule has 0 fully saturated rings. The second-order valence-corrected chi connectivity index (χ2v) is 3.53. The van der Waals surface area contributed by atoms with E-state index in [0.717, 1.165) is 0 Å². The average Bonchev–Trinajstić information content (AvgIpc) is 2.38. The van der Waals surface area contributed by atoms with Gasteiger partial charge in [-0.3, -0.25) is 0 Å². The highest BCUT2D eigenvalue weighted by Gasteiger charge is 2.15. The summed E-state index contributed by atoms with van der Waals surface area (Å²) in [5.74, 6) is -0.523. The van der Waals surface area contributed by atoms with E-state index in [1.54, 1.807) is 24.3 Å². The average molecular weight is 247 g/mol. The summed E-state index contributed by atoms with van der Waals surface area (Å²) in [5.41, 5.74) is 1.03. The highest BCUT2D eigenvalue weighted by Crippen LogP contribution is 2.08. The van der Waals surface area contributed by atoms with Crippen LogP contribution in [0, 0.1) is 11.3 Å². The van der Waals surface area contributed by atoms with Crippen LogP contribution in [0.2, 0.25) is 0 Å². The normalized spacial score (nSPS) is 10.9. The van der Waals surface area contributed by atoms with Crippen LogP contribution in [0.4, 0.5) is 10.5 Å². The number of nitrogens with one attached hydrogen (secondary N) is 2. The van der Waals surface area contributed by atoms with Gasteiger partial charge in [-0.2, -0.15) is 5.26 Å². The number of ether oxygens (including phenoxy) is 1. The fraction of sp³-hybridized carbons (Fsp3) is 0.250.